The number of rotatable bonds is 7. The first-order chi connectivity index (χ1) is 14.0. The second-order valence-electron chi connectivity index (χ2n) is 7.17. The number of amides is 2. The van der Waals surface area contributed by atoms with Gasteiger partial charge in [-0.15, -0.1) is 0 Å². The molecule has 0 radical (unpaired) electrons. The molecule has 2 aromatic carbocycles. The Kier molecular flexibility index (Phi) is 6.67. The number of nitrogens with zero attached hydrogens (tertiary/aromatic N) is 1. The Morgan fingerprint density at radius 1 is 1.03 bits per heavy atom. The van der Waals surface area contributed by atoms with E-state index < -0.39 is 12.0 Å². The lowest BCUT2D eigenvalue weighted by molar-refractivity contribution is -0.136. The molecule has 0 aromatic heterocycles. The molecule has 1 heterocycles. The van der Waals surface area contributed by atoms with Gasteiger partial charge in [-0.1, -0.05) is 61.5 Å². The van der Waals surface area contributed by atoms with E-state index in [4.69, 9.17) is 4.74 Å². The summed E-state index contributed by atoms with van der Waals surface area (Å²) >= 11 is 0. The predicted octanol–water partition coefficient (Wildman–Crippen LogP) is 3.16. The number of carbonyl (C=O) groups excluding carboxylic acids is 2. The summed E-state index contributed by atoms with van der Waals surface area (Å²) in [5, 5.41) is 5.67. The zero-order valence-corrected chi connectivity index (χ0v) is 17.1. The van der Waals surface area contributed by atoms with Crippen LogP contribution in [-0.2, 0) is 22.5 Å². The second-order valence-corrected chi connectivity index (χ2v) is 7.17. The summed E-state index contributed by atoms with van der Waals surface area (Å²) in [6.45, 7) is 3.19. The number of hydrogen-bond acceptors (Lipinski definition) is 4. The largest absolute Gasteiger partial charge is 0.466 e. The second kappa shape index (κ2) is 9.39. The lowest BCUT2D eigenvalue weighted by Gasteiger charge is -2.31. The molecular formula is C23H27N3O3. The molecule has 0 saturated carbocycles. The summed E-state index contributed by atoms with van der Waals surface area (Å²) in [6, 6.07) is 17.1. The topological polar surface area (TPSA) is 70.7 Å². The fourth-order valence-electron chi connectivity index (χ4n) is 3.51. The molecule has 1 unspecified atom stereocenters. The van der Waals surface area contributed by atoms with Gasteiger partial charge in [0.25, 0.3) is 0 Å². The van der Waals surface area contributed by atoms with Gasteiger partial charge in [0.05, 0.1) is 18.7 Å². The minimum Gasteiger partial charge on any atom is -0.466 e. The van der Waals surface area contributed by atoms with Crippen LogP contribution >= 0.6 is 0 Å². The average molecular weight is 393 g/mol. The van der Waals surface area contributed by atoms with Crippen molar-refractivity contribution in [3.05, 3.63) is 82.6 Å². The number of benzene rings is 2. The van der Waals surface area contributed by atoms with E-state index in [2.05, 4.69) is 22.5 Å². The minimum absolute atomic E-state index is 0.328. The van der Waals surface area contributed by atoms with E-state index in [1.165, 1.54) is 12.7 Å². The fourth-order valence-corrected chi connectivity index (χ4v) is 3.51. The lowest BCUT2D eigenvalue weighted by Crippen LogP contribution is -2.48. The number of nitrogens with one attached hydrogen (secondary N) is 2. The van der Waals surface area contributed by atoms with Crippen LogP contribution in [0.3, 0.4) is 0 Å². The predicted molar refractivity (Wildman–Crippen MR) is 112 cm³/mol. The molecule has 0 fully saturated rings. The Balaban J connectivity index is 1.91. The molecule has 0 bridgehead atoms. The van der Waals surface area contributed by atoms with E-state index in [-0.39, 0.29) is 6.03 Å². The van der Waals surface area contributed by atoms with Gasteiger partial charge in [0.15, 0.2) is 0 Å². The molecule has 2 amide bonds. The molecular weight excluding hydrogens is 366 g/mol. The van der Waals surface area contributed by atoms with Gasteiger partial charge in [0, 0.05) is 18.8 Å². The molecule has 152 valence electrons. The van der Waals surface area contributed by atoms with Crippen LogP contribution in [0.15, 0.2) is 65.9 Å². The van der Waals surface area contributed by atoms with Crippen molar-refractivity contribution in [2.75, 3.05) is 20.7 Å². The zero-order valence-electron chi connectivity index (χ0n) is 17.1. The molecule has 2 aromatic rings. The summed E-state index contributed by atoms with van der Waals surface area (Å²) < 4.78 is 5.05. The van der Waals surface area contributed by atoms with Crippen molar-refractivity contribution in [1.82, 2.24) is 15.5 Å². The molecule has 2 N–H and O–H groups in total. The Bertz CT molecular complexity index is 891. The normalized spacial score (nSPS) is 16.4. The standard InChI is InChI=1S/C23H27N3O3/c1-4-16-10-12-18(13-11-16)21-20(22(27)29-3)19(24-23(28)25-21)15-26(2)14-17-8-6-5-7-9-17/h5-13,21H,4,14-15H2,1-3H3,(H2,24,25,28). The molecule has 1 atom stereocenters. The molecule has 6 nitrogen and oxygen atoms in total. The Hall–Kier alpha value is -3.12. The van der Waals surface area contributed by atoms with Crippen molar-refractivity contribution < 1.29 is 14.3 Å². The Labute approximate surface area is 171 Å². The Morgan fingerprint density at radius 2 is 1.72 bits per heavy atom. The maximum absolute atomic E-state index is 12.6. The van der Waals surface area contributed by atoms with Crippen molar-refractivity contribution in [1.29, 1.82) is 0 Å². The van der Waals surface area contributed by atoms with Crippen LogP contribution in [-0.4, -0.2) is 37.6 Å². The lowest BCUT2D eigenvalue weighted by atomic mass is 9.94. The SMILES string of the molecule is CCc1ccc(C2NC(=O)NC(CN(C)Cc3ccccc3)=C2C(=O)OC)cc1. The first-order valence-corrected chi connectivity index (χ1v) is 9.72. The maximum Gasteiger partial charge on any atom is 0.338 e. The summed E-state index contributed by atoms with van der Waals surface area (Å²) in [7, 11) is 3.31. The molecule has 6 heteroatoms. The molecule has 3 rings (SSSR count). The highest BCUT2D eigenvalue weighted by molar-refractivity contribution is 5.95. The van der Waals surface area contributed by atoms with Crippen LogP contribution < -0.4 is 10.6 Å². The number of carbonyl (C=O) groups is 2. The molecule has 1 aliphatic rings. The number of aryl methyl sites for hydroxylation is 1. The van der Waals surface area contributed by atoms with Crippen LogP contribution in [0.5, 0.6) is 0 Å². The fraction of sp³-hybridized carbons (Fsp3) is 0.304. The third kappa shape index (κ3) is 5.03. The number of likely N-dealkylation sites (N-methyl/N-ethyl adjacent to an activating group) is 1. The maximum atomic E-state index is 12.6. The van der Waals surface area contributed by atoms with Gasteiger partial charge >= 0.3 is 12.0 Å². The number of urea groups is 1. The summed E-state index contributed by atoms with van der Waals surface area (Å²) in [5.41, 5.74) is 4.18. The molecule has 0 aliphatic carbocycles. The van der Waals surface area contributed by atoms with Gasteiger partial charge < -0.3 is 15.4 Å². The van der Waals surface area contributed by atoms with Gasteiger partial charge in [0.2, 0.25) is 0 Å². The molecule has 0 spiro atoms. The van der Waals surface area contributed by atoms with Crippen molar-refractivity contribution in [2.24, 2.45) is 0 Å². The number of methoxy groups -OCH3 is 1. The van der Waals surface area contributed by atoms with Crippen molar-refractivity contribution in [2.45, 2.75) is 25.9 Å². The van der Waals surface area contributed by atoms with Crippen LogP contribution in [0.1, 0.15) is 29.7 Å². The first-order valence-electron chi connectivity index (χ1n) is 9.72. The van der Waals surface area contributed by atoms with Gasteiger partial charge in [-0.05, 0) is 30.2 Å². The highest BCUT2D eigenvalue weighted by Gasteiger charge is 2.33. The summed E-state index contributed by atoms with van der Waals surface area (Å²) in [6.07, 6.45) is 0.925. The average Bonchev–Trinajstić information content (AvgIpc) is 2.73. The van der Waals surface area contributed by atoms with Gasteiger partial charge in [-0.3, -0.25) is 4.90 Å². The van der Waals surface area contributed by atoms with Crippen LogP contribution in [0.2, 0.25) is 0 Å². The monoisotopic (exact) mass is 393 g/mol. The number of esters is 1. The van der Waals surface area contributed by atoms with Crippen molar-refractivity contribution in [3.8, 4) is 0 Å². The van der Waals surface area contributed by atoms with Crippen LogP contribution in [0, 0.1) is 0 Å². The van der Waals surface area contributed by atoms with Crippen molar-refractivity contribution in [3.63, 3.8) is 0 Å². The van der Waals surface area contributed by atoms with E-state index in [1.807, 2.05) is 61.6 Å². The van der Waals surface area contributed by atoms with Gasteiger partial charge in [-0.25, -0.2) is 9.59 Å². The van der Waals surface area contributed by atoms with E-state index in [0.717, 1.165) is 17.5 Å². The van der Waals surface area contributed by atoms with E-state index in [1.54, 1.807) is 0 Å². The van der Waals surface area contributed by atoms with Gasteiger partial charge in [0.1, 0.15) is 0 Å². The first kappa shape index (κ1) is 20.6. The summed E-state index contributed by atoms with van der Waals surface area (Å²) in [4.78, 5) is 27.0. The third-order valence-electron chi connectivity index (χ3n) is 5.00. The van der Waals surface area contributed by atoms with E-state index in [0.29, 0.717) is 24.4 Å². The Morgan fingerprint density at radius 3 is 2.34 bits per heavy atom. The number of ether oxygens (including phenoxy) is 1. The molecule has 29 heavy (non-hydrogen) atoms. The van der Waals surface area contributed by atoms with Crippen molar-refractivity contribution >= 4 is 12.0 Å². The third-order valence-corrected chi connectivity index (χ3v) is 5.00. The number of hydrogen-bond donors (Lipinski definition) is 2. The van der Waals surface area contributed by atoms with E-state index in [9.17, 15) is 9.59 Å². The zero-order chi connectivity index (χ0) is 20.8. The quantitative estimate of drug-likeness (QED) is 0.709. The highest BCUT2D eigenvalue weighted by atomic mass is 16.5. The minimum atomic E-state index is -0.553. The highest BCUT2D eigenvalue weighted by Crippen LogP contribution is 2.28. The smallest absolute Gasteiger partial charge is 0.338 e. The van der Waals surface area contributed by atoms with Gasteiger partial charge in [-0.2, -0.15) is 0 Å². The molecule has 1 aliphatic heterocycles. The van der Waals surface area contributed by atoms with Crippen LogP contribution in [0.25, 0.3) is 0 Å². The summed E-state index contributed by atoms with van der Waals surface area (Å²) in [5.74, 6) is -0.454. The molecule has 0 saturated heterocycles. The van der Waals surface area contributed by atoms with Crippen LogP contribution in [0.4, 0.5) is 4.79 Å². The van der Waals surface area contributed by atoms with E-state index >= 15 is 0 Å².